The molecule has 0 aromatic carbocycles. The number of rotatable bonds is 1. The molecule has 14 heavy (non-hydrogen) atoms. The zero-order valence-electron chi connectivity index (χ0n) is 9.28. The molecule has 1 N–H and O–H groups in total. The predicted molar refractivity (Wildman–Crippen MR) is 58.2 cm³/mol. The Morgan fingerprint density at radius 1 is 1.07 bits per heavy atom. The van der Waals surface area contributed by atoms with Crippen LogP contribution in [-0.4, -0.2) is 35.2 Å². The van der Waals surface area contributed by atoms with E-state index in [1.54, 1.807) is 0 Å². The molecule has 1 heterocycles. The molecule has 0 bridgehead atoms. The van der Waals surface area contributed by atoms with Crippen molar-refractivity contribution in [3.8, 4) is 0 Å². The van der Waals surface area contributed by atoms with Crippen molar-refractivity contribution in [2.24, 2.45) is 5.92 Å². The molecule has 0 radical (unpaired) electrons. The Kier molecular flexibility index (Phi) is 3.45. The van der Waals surface area contributed by atoms with Gasteiger partial charge in [0.2, 0.25) is 0 Å². The van der Waals surface area contributed by atoms with Crippen molar-refractivity contribution >= 4 is 0 Å². The first-order chi connectivity index (χ1) is 6.75. The third-order valence-corrected chi connectivity index (χ3v) is 3.93. The van der Waals surface area contributed by atoms with E-state index in [-0.39, 0.29) is 6.10 Å². The number of hydrogen-bond acceptors (Lipinski definition) is 2. The highest BCUT2D eigenvalue weighted by molar-refractivity contribution is 4.82. The number of β-amino-alcohol motifs (C(OH)–C–C–N with tert-alkyl or cyclic N) is 1. The molecular weight excluding hydrogens is 174 g/mol. The van der Waals surface area contributed by atoms with E-state index in [1.807, 2.05) is 0 Å². The monoisotopic (exact) mass is 197 g/mol. The standard InChI is InChI=1S/C12H23NO/c1-10-4-6-11(7-5-10)13-8-2-3-12(14)9-13/h10-12,14H,2-9H2,1H3/t10?,11?,12-/m1/s1. The van der Waals surface area contributed by atoms with Gasteiger partial charge in [-0.05, 0) is 51.0 Å². The van der Waals surface area contributed by atoms with Gasteiger partial charge < -0.3 is 5.11 Å². The number of hydrogen-bond donors (Lipinski definition) is 1. The van der Waals surface area contributed by atoms with Crippen LogP contribution in [0.4, 0.5) is 0 Å². The molecule has 0 spiro atoms. The number of likely N-dealkylation sites (tertiary alicyclic amines) is 1. The molecule has 1 saturated heterocycles. The van der Waals surface area contributed by atoms with Crippen molar-refractivity contribution in [1.29, 1.82) is 0 Å². The molecule has 0 unspecified atom stereocenters. The molecule has 2 aliphatic rings. The average Bonchev–Trinajstić information content (AvgIpc) is 2.19. The van der Waals surface area contributed by atoms with Gasteiger partial charge in [0.15, 0.2) is 0 Å². The van der Waals surface area contributed by atoms with Gasteiger partial charge in [-0.25, -0.2) is 0 Å². The summed E-state index contributed by atoms with van der Waals surface area (Å²) in [6, 6.07) is 0.779. The van der Waals surface area contributed by atoms with E-state index in [4.69, 9.17) is 0 Å². The smallest absolute Gasteiger partial charge is 0.0667 e. The first kappa shape index (κ1) is 10.4. The molecular formula is C12H23NO. The van der Waals surface area contributed by atoms with Crippen molar-refractivity contribution in [3.05, 3.63) is 0 Å². The summed E-state index contributed by atoms with van der Waals surface area (Å²) in [4.78, 5) is 2.53. The summed E-state index contributed by atoms with van der Waals surface area (Å²) in [6.45, 7) is 4.51. The van der Waals surface area contributed by atoms with E-state index in [2.05, 4.69) is 11.8 Å². The van der Waals surface area contributed by atoms with Crippen LogP contribution in [0, 0.1) is 5.92 Å². The molecule has 1 saturated carbocycles. The van der Waals surface area contributed by atoms with Gasteiger partial charge in [0.25, 0.3) is 0 Å². The second-order valence-electron chi connectivity index (χ2n) is 5.20. The molecule has 0 aromatic rings. The molecule has 2 fully saturated rings. The minimum Gasteiger partial charge on any atom is -0.392 e. The van der Waals surface area contributed by atoms with Crippen LogP contribution in [0.3, 0.4) is 0 Å². The molecule has 1 atom stereocenters. The number of piperidine rings is 1. The Bertz CT molecular complexity index is 175. The van der Waals surface area contributed by atoms with E-state index in [0.29, 0.717) is 0 Å². The van der Waals surface area contributed by atoms with Crippen molar-refractivity contribution in [2.45, 2.75) is 57.6 Å². The second-order valence-corrected chi connectivity index (χ2v) is 5.20. The van der Waals surface area contributed by atoms with E-state index >= 15 is 0 Å². The first-order valence-electron chi connectivity index (χ1n) is 6.18. The number of aliphatic hydroxyl groups is 1. The lowest BCUT2D eigenvalue weighted by atomic mass is 9.86. The van der Waals surface area contributed by atoms with Crippen LogP contribution in [-0.2, 0) is 0 Å². The van der Waals surface area contributed by atoms with Crippen molar-refractivity contribution in [2.75, 3.05) is 13.1 Å². The van der Waals surface area contributed by atoms with Crippen LogP contribution in [0.5, 0.6) is 0 Å². The molecule has 2 nitrogen and oxygen atoms in total. The summed E-state index contributed by atoms with van der Waals surface area (Å²) in [5.74, 6) is 0.931. The highest BCUT2D eigenvalue weighted by atomic mass is 16.3. The predicted octanol–water partition coefficient (Wildman–Crippen LogP) is 2.02. The van der Waals surface area contributed by atoms with Gasteiger partial charge in [-0.15, -0.1) is 0 Å². The maximum Gasteiger partial charge on any atom is 0.0667 e. The lowest BCUT2D eigenvalue weighted by molar-refractivity contribution is 0.0322. The van der Waals surface area contributed by atoms with Crippen LogP contribution in [0.25, 0.3) is 0 Å². The van der Waals surface area contributed by atoms with Crippen molar-refractivity contribution < 1.29 is 5.11 Å². The quantitative estimate of drug-likeness (QED) is 0.695. The summed E-state index contributed by atoms with van der Waals surface area (Å²) in [6.07, 6.45) is 7.63. The van der Waals surface area contributed by atoms with Gasteiger partial charge >= 0.3 is 0 Å². The van der Waals surface area contributed by atoms with E-state index in [9.17, 15) is 5.11 Å². The summed E-state index contributed by atoms with van der Waals surface area (Å²) in [5, 5.41) is 9.62. The zero-order valence-corrected chi connectivity index (χ0v) is 9.28. The largest absolute Gasteiger partial charge is 0.392 e. The number of nitrogens with zero attached hydrogens (tertiary/aromatic N) is 1. The fourth-order valence-electron chi connectivity index (χ4n) is 2.92. The highest BCUT2D eigenvalue weighted by Gasteiger charge is 2.27. The Morgan fingerprint density at radius 3 is 2.43 bits per heavy atom. The van der Waals surface area contributed by atoms with E-state index in [1.165, 1.54) is 38.6 Å². The molecule has 2 rings (SSSR count). The molecule has 1 aliphatic heterocycles. The van der Waals surface area contributed by atoms with Gasteiger partial charge in [0.05, 0.1) is 6.10 Å². The lowest BCUT2D eigenvalue weighted by Crippen LogP contribution is -2.45. The third kappa shape index (κ3) is 2.48. The Hall–Kier alpha value is -0.0800. The van der Waals surface area contributed by atoms with E-state index in [0.717, 1.165) is 24.9 Å². The van der Waals surface area contributed by atoms with Crippen molar-refractivity contribution in [3.63, 3.8) is 0 Å². The van der Waals surface area contributed by atoms with Gasteiger partial charge in [-0.1, -0.05) is 6.92 Å². The summed E-state index contributed by atoms with van der Waals surface area (Å²) in [5.41, 5.74) is 0. The first-order valence-corrected chi connectivity index (χ1v) is 6.18. The molecule has 0 aromatic heterocycles. The molecule has 0 amide bonds. The second kappa shape index (κ2) is 4.63. The molecule has 1 aliphatic carbocycles. The summed E-state index contributed by atoms with van der Waals surface area (Å²) in [7, 11) is 0. The highest BCUT2D eigenvalue weighted by Crippen LogP contribution is 2.28. The zero-order chi connectivity index (χ0) is 9.97. The summed E-state index contributed by atoms with van der Waals surface area (Å²) >= 11 is 0. The molecule has 82 valence electrons. The maximum atomic E-state index is 9.62. The maximum absolute atomic E-state index is 9.62. The molecule has 2 heteroatoms. The third-order valence-electron chi connectivity index (χ3n) is 3.93. The minimum atomic E-state index is -0.0527. The normalized spacial score (nSPS) is 41.1. The van der Waals surface area contributed by atoms with Crippen molar-refractivity contribution in [1.82, 2.24) is 4.90 Å². The van der Waals surface area contributed by atoms with Crippen LogP contribution in [0.2, 0.25) is 0 Å². The Labute approximate surface area is 87.3 Å². The van der Waals surface area contributed by atoms with Gasteiger partial charge in [0, 0.05) is 12.6 Å². The van der Waals surface area contributed by atoms with Crippen LogP contribution < -0.4 is 0 Å². The van der Waals surface area contributed by atoms with Gasteiger partial charge in [-0.2, -0.15) is 0 Å². The Morgan fingerprint density at radius 2 is 1.79 bits per heavy atom. The van der Waals surface area contributed by atoms with Gasteiger partial charge in [-0.3, -0.25) is 4.90 Å². The fourth-order valence-corrected chi connectivity index (χ4v) is 2.92. The number of aliphatic hydroxyl groups excluding tert-OH is 1. The Balaban J connectivity index is 1.82. The minimum absolute atomic E-state index is 0.0527. The van der Waals surface area contributed by atoms with Crippen LogP contribution >= 0.6 is 0 Å². The average molecular weight is 197 g/mol. The summed E-state index contributed by atoms with van der Waals surface area (Å²) < 4.78 is 0. The fraction of sp³-hybridized carbons (Fsp3) is 1.00. The lowest BCUT2D eigenvalue weighted by Gasteiger charge is -2.39. The van der Waals surface area contributed by atoms with E-state index < -0.39 is 0 Å². The topological polar surface area (TPSA) is 23.5 Å². The van der Waals surface area contributed by atoms with Crippen LogP contribution in [0.15, 0.2) is 0 Å². The van der Waals surface area contributed by atoms with Crippen LogP contribution in [0.1, 0.15) is 45.4 Å². The van der Waals surface area contributed by atoms with Gasteiger partial charge in [0.1, 0.15) is 0 Å². The SMILES string of the molecule is CC1CCC(N2CCC[C@@H](O)C2)CC1.